The van der Waals surface area contributed by atoms with Crippen LogP contribution in [0.15, 0.2) is 0 Å². The molecule has 100 valence electrons. The van der Waals surface area contributed by atoms with Crippen LogP contribution >= 0.6 is 0 Å². The normalized spacial score (nSPS) is 37.9. The fourth-order valence-electron chi connectivity index (χ4n) is 3.44. The molecule has 0 aromatic heterocycles. The van der Waals surface area contributed by atoms with E-state index in [9.17, 15) is 9.59 Å². The lowest BCUT2D eigenvalue weighted by atomic mass is 9.81. The highest BCUT2D eigenvalue weighted by molar-refractivity contribution is 6.05. The van der Waals surface area contributed by atoms with Gasteiger partial charge in [-0.3, -0.25) is 14.5 Å². The maximum Gasteiger partial charge on any atom is 0.233 e. The molecule has 2 amide bonds. The molecule has 0 bridgehead atoms. The molecule has 2 aliphatic heterocycles. The van der Waals surface area contributed by atoms with E-state index in [0.29, 0.717) is 6.54 Å². The van der Waals surface area contributed by atoms with Crippen LogP contribution in [0, 0.1) is 11.8 Å². The number of hydrogen-bond acceptors (Lipinski definition) is 3. The Bertz CT molecular complexity index is 367. The van der Waals surface area contributed by atoms with Crippen LogP contribution in [-0.2, 0) is 14.3 Å². The van der Waals surface area contributed by atoms with Crippen molar-refractivity contribution < 1.29 is 14.3 Å². The summed E-state index contributed by atoms with van der Waals surface area (Å²) in [6.07, 6.45) is 4.97. The van der Waals surface area contributed by atoms with Crippen molar-refractivity contribution in [2.75, 3.05) is 6.54 Å². The summed E-state index contributed by atoms with van der Waals surface area (Å²) in [5.41, 5.74) is -0.0570. The van der Waals surface area contributed by atoms with Gasteiger partial charge in [0.2, 0.25) is 11.8 Å². The molecule has 3 fully saturated rings. The van der Waals surface area contributed by atoms with Gasteiger partial charge in [-0.1, -0.05) is 12.8 Å². The summed E-state index contributed by atoms with van der Waals surface area (Å²) in [5, 5.41) is 0. The van der Waals surface area contributed by atoms with E-state index in [1.165, 1.54) is 4.90 Å². The smallest absolute Gasteiger partial charge is 0.233 e. The first-order chi connectivity index (χ1) is 8.50. The number of fused-ring (bicyclic) bond motifs is 1. The van der Waals surface area contributed by atoms with Crippen LogP contribution in [0.3, 0.4) is 0 Å². The molecular weight excluding hydrogens is 230 g/mol. The number of hydrogen-bond donors (Lipinski definition) is 0. The van der Waals surface area contributed by atoms with Gasteiger partial charge in [0.1, 0.15) is 0 Å². The lowest BCUT2D eigenvalue weighted by Crippen LogP contribution is -2.33. The van der Waals surface area contributed by atoms with Gasteiger partial charge in [0.05, 0.1) is 23.5 Å². The van der Waals surface area contributed by atoms with Crippen molar-refractivity contribution in [2.24, 2.45) is 11.8 Å². The van der Waals surface area contributed by atoms with Crippen molar-refractivity contribution in [3.63, 3.8) is 0 Å². The fraction of sp³-hybridized carbons (Fsp3) is 0.857. The molecule has 2 heterocycles. The van der Waals surface area contributed by atoms with Gasteiger partial charge >= 0.3 is 0 Å². The summed E-state index contributed by atoms with van der Waals surface area (Å²) in [6, 6.07) is 0. The van der Waals surface area contributed by atoms with E-state index in [1.54, 1.807) is 0 Å². The Hall–Kier alpha value is -0.900. The summed E-state index contributed by atoms with van der Waals surface area (Å²) in [4.78, 5) is 25.9. The standard InChI is InChI=1S/C14H21NO3/c1-14(2)11(18-14)7-8-15-12(16)9-5-3-4-6-10(9)13(15)17/h9-11H,3-8H2,1-2H3. The molecule has 4 heteroatoms. The van der Waals surface area contributed by atoms with E-state index in [2.05, 4.69) is 0 Å². The quantitative estimate of drug-likeness (QED) is 0.567. The molecule has 4 nitrogen and oxygen atoms in total. The van der Waals surface area contributed by atoms with Gasteiger partial charge in [-0.15, -0.1) is 0 Å². The molecule has 0 aromatic rings. The molecule has 0 aromatic carbocycles. The molecule has 3 rings (SSSR count). The number of epoxide rings is 1. The third kappa shape index (κ3) is 1.87. The lowest BCUT2D eigenvalue weighted by Gasteiger charge is -2.19. The number of ether oxygens (including phenoxy) is 1. The monoisotopic (exact) mass is 251 g/mol. The van der Waals surface area contributed by atoms with Crippen molar-refractivity contribution >= 4 is 11.8 Å². The zero-order chi connectivity index (χ0) is 12.9. The second kappa shape index (κ2) is 4.05. The molecule has 1 aliphatic carbocycles. The second-order valence-electron chi connectivity index (χ2n) is 6.32. The highest BCUT2D eigenvalue weighted by atomic mass is 16.6. The second-order valence-corrected chi connectivity index (χ2v) is 6.32. The predicted octanol–water partition coefficient (Wildman–Crippen LogP) is 1.73. The van der Waals surface area contributed by atoms with Crippen LogP contribution in [0.5, 0.6) is 0 Å². The van der Waals surface area contributed by atoms with Crippen molar-refractivity contribution in [2.45, 2.75) is 57.7 Å². The van der Waals surface area contributed by atoms with Gasteiger partial charge in [0.15, 0.2) is 0 Å². The molecular formula is C14H21NO3. The number of rotatable bonds is 3. The van der Waals surface area contributed by atoms with E-state index in [4.69, 9.17) is 4.74 Å². The number of carbonyl (C=O) groups excluding carboxylic acids is 2. The first-order valence-corrected chi connectivity index (χ1v) is 7.04. The van der Waals surface area contributed by atoms with Gasteiger partial charge in [0.25, 0.3) is 0 Å². The van der Waals surface area contributed by atoms with Crippen LogP contribution in [0.4, 0.5) is 0 Å². The Labute approximate surface area is 108 Å². The molecule has 18 heavy (non-hydrogen) atoms. The summed E-state index contributed by atoms with van der Waals surface area (Å²) < 4.78 is 5.50. The average molecular weight is 251 g/mol. The molecule has 2 saturated heterocycles. The van der Waals surface area contributed by atoms with Crippen LogP contribution < -0.4 is 0 Å². The molecule has 3 atom stereocenters. The van der Waals surface area contributed by atoms with Gasteiger partial charge in [-0.25, -0.2) is 0 Å². The molecule has 0 radical (unpaired) electrons. The highest BCUT2D eigenvalue weighted by Crippen LogP contribution is 2.40. The molecule has 3 unspecified atom stereocenters. The summed E-state index contributed by atoms with van der Waals surface area (Å²) in [5.74, 6) is 0.116. The Kier molecular flexibility index (Phi) is 2.73. The minimum Gasteiger partial charge on any atom is -0.367 e. The first-order valence-electron chi connectivity index (χ1n) is 7.04. The van der Waals surface area contributed by atoms with E-state index in [0.717, 1.165) is 32.1 Å². The topological polar surface area (TPSA) is 49.9 Å². The fourth-order valence-corrected chi connectivity index (χ4v) is 3.44. The van der Waals surface area contributed by atoms with Gasteiger partial charge in [-0.2, -0.15) is 0 Å². The van der Waals surface area contributed by atoms with E-state index in [-0.39, 0.29) is 35.4 Å². The van der Waals surface area contributed by atoms with Crippen LogP contribution in [0.1, 0.15) is 46.0 Å². The highest BCUT2D eigenvalue weighted by Gasteiger charge is 2.51. The maximum atomic E-state index is 12.2. The lowest BCUT2D eigenvalue weighted by molar-refractivity contribution is -0.140. The first kappa shape index (κ1) is 12.2. The van der Waals surface area contributed by atoms with Crippen LogP contribution in [0.25, 0.3) is 0 Å². The Balaban J connectivity index is 1.62. The van der Waals surface area contributed by atoms with Crippen LogP contribution in [0.2, 0.25) is 0 Å². The zero-order valence-corrected chi connectivity index (χ0v) is 11.1. The number of likely N-dealkylation sites (tertiary alicyclic amines) is 1. The number of nitrogens with zero attached hydrogens (tertiary/aromatic N) is 1. The van der Waals surface area contributed by atoms with Crippen molar-refractivity contribution in [1.29, 1.82) is 0 Å². The SMILES string of the molecule is CC1(C)OC1CCN1C(=O)C2CCCCC2C1=O. The van der Waals surface area contributed by atoms with Crippen molar-refractivity contribution in [3.05, 3.63) is 0 Å². The van der Waals surface area contributed by atoms with Gasteiger partial charge in [-0.05, 0) is 33.1 Å². The zero-order valence-electron chi connectivity index (χ0n) is 11.1. The summed E-state index contributed by atoms with van der Waals surface area (Å²) in [6.45, 7) is 4.63. The van der Waals surface area contributed by atoms with E-state index >= 15 is 0 Å². The molecule has 0 spiro atoms. The van der Waals surface area contributed by atoms with Crippen molar-refractivity contribution in [3.8, 4) is 0 Å². The number of imide groups is 1. The minimum atomic E-state index is -0.0570. The molecule has 3 aliphatic rings. The summed E-state index contributed by atoms with van der Waals surface area (Å²) >= 11 is 0. The molecule has 1 saturated carbocycles. The minimum absolute atomic E-state index is 0.0145. The van der Waals surface area contributed by atoms with E-state index in [1.807, 2.05) is 13.8 Å². The third-order valence-corrected chi connectivity index (χ3v) is 4.71. The third-order valence-electron chi connectivity index (χ3n) is 4.71. The van der Waals surface area contributed by atoms with Crippen LogP contribution in [-0.4, -0.2) is 35.0 Å². The largest absolute Gasteiger partial charge is 0.367 e. The van der Waals surface area contributed by atoms with E-state index < -0.39 is 0 Å². The Morgan fingerprint density at radius 1 is 1.17 bits per heavy atom. The summed E-state index contributed by atoms with van der Waals surface area (Å²) in [7, 11) is 0. The molecule has 0 N–H and O–H groups in total. The Morgan fingerprint density at radius 3 is 2.11 bits per heavy atom. The van der Waals surface area contributed by atoms with Gasteiger partial charge in [0, 0.05) is 6.54 Å². The number of carbonyl (C=O) groups is 2. The Morgan fingerprint density at radius 2 is 1.67 bits per heavy atom. The maximum absolute atomic E-state index is 12.2. The number of amides is 2. The van der Waals surface area contributed by atoms with Crippen molar-refractivity contribution in [1.82, 2.24) is 4.90 Å². The average Bonchev–Trinajstić information content (AvgIpc) is 2.88. The predicted molar refractivity (Wildman–Crippen MR) is 65.7 cm³/mol. The van der Waals surface area contributed by atoms with Gasteiger partial charge < -0.3 is 4.74 Å².